The number of nitrogens with one attached hydrogen (secondary N) is 2. The third-order valence-corrected chi connectivity index (χ3v) is 5.75. The molecule has 0 radical (unpaired) electrons. The summed E-state index contributed by atoms with van der Waals surface area (Å²) in [5.41, 5.74) is 3.61. The molecular formula is C21H19N5OS2. The van der Waals surface area contributed by atoms with Crippen molar-refractivity contribution < 1.29 is 4.21 Å². The van der Waals surface area contributed by atoms with E-state index in [-0.39, 0.29) is 0 Å². The van der Waals surface area contributed by atoms with Crippen LogP contribution in [0, 0.1) is 6.92 Å². The van der Waals surface area contributed by atoms with Gasteiger partial charge < -0.3 is 10.0 Å². The van der Waals surface area contributed by atoms with E-state index in [1.54, 1.807) is 12.1 Å². The van der Waals surface area contributed by atoms with E-state index in [1.165, 1.54) is 17.5 Å². The molecule has 4 N–H and O–H groups in total. The van der Waals surface area contributed by atoms with Gasteiger partial charge in [0.15, 0.2) is 11.6 Å². The molecule has 0 amide bonds. The van der Waals surface area contributed by atoms with Crippen LogP contribution < -0.4 is 15.2 Å². The molecule has 1 heterocycles. The van der Waals surface area contributed by atoms with Gasteiger partial charge in [-0.1, -0.05) is 29.8 Å². The number of aromatic nitrogens is 2. The molecule has 0 aliphatic rings. The molecule has 0 bridgehead atoms. The molecular weight excluding hydrogens is 402 g/mol. The van der Waals surface area contributed by atoms with Gasteiger partial charge in [0.2, 0.25) is 0 Å². The number of nitrogens with zero attached hydrogens (tertiary/aromatic N) is 2. The molecule has 29 heavy (non-hydrogen) atoms. The molecule has 0 aliphatic heterocycles. The maximum absolute atomic E-state index is 11.4. The minimum Gasteiger partial charge on any atom is -0.337 e. The Balaban J connectivity index is 1.64. The molecule has 6 nitrogen and oxygen atoms in total. The van der Waals surface area contributed by atoms with E-state index in [2.05, 4.69) is 41.2 Å². The van der Waals surface area contributed by atoms with Crippen LogP contribution in [0.3, 0.4) is 0 Å². The molecule has 1 aromatic heterocycles. The number of nitrogens with two attached hydrogens (primary N) is 1. The Labute approximate surface area is 175 Å². The van der Waals surface area contributed by atoms with Gasteiger partial charge in [0.05, 0.1) is 15.9 Å². The number of hydrogen-bond donors (Lipinski definition) is 3. The largest absolute Gasteiger partial charge is 0.337 e. The van der Waals surface area contributed by atoms with Crippen molar-refractivity contribution >= 4 is 51.3 Å². The summed E-state index contributed by atoms with van der Waals surface area (Å²) < 4.78 is 14.7. The molecule has 0 aliphatic carbocycles. The number of aryl methyl sites for hydroxylation is 1. The first-order valence-corrected chi connectivity index (χ1v) is 10.9. The summed E-state index contributed by atoms with van der Waals surface area (Å²) >= 11 is 1.47. The minimum atomic E-state index is -1.50. The van der Waals surface area contributed by atoms with Gasteiger partial charge in [-0.25, -0.2) is 19.3 Å². The van der Waals surface area contributed by atoms with Crippen molar-refractivity contribution in [2.75, 3.05) is 10.0 Å². The number of fused-ring (bicyclic) bond motifs is 1. The fourth-order valence-corrected chi connectivity index (χ4v) is 3.71. The van der Waals surface area contributed by atoms with Crippen LogP contribution >= 0.6 is 11.9 Å². The summed E-state index contributed by atoms with van der Waals surface area (Å²) in [6, 6.07) is 23.0. The Hall–Kier alpha value is -2.94. The maximum Gasteiger partial charge on any atom is 0.180 e. The molecule has 3 aromatic carbocycles. The smallest absolute Gasteiger partial charge is 0.180 e. The molecule has 1 atom stereocenters. The summed E-state index contributed by atoms with van der Waals surface area (Å²) in [5, 5.41) is 8.71. The summed E-state index contributed by atoms with van der Waals surface area (Å²) in [4.78, 5) is 11.1. The topological polar surface area (TPSA) is 92.9 Å². The van der Waals surface area contributed by atoms with E-state index in [4.69, 9.17) is 15.1 Å². The fourth-order valence-electron chi connectivity index (χ4n) is 2.68. The van der Waals surface area contributed by atoms with Crippen molar-refractivity contribution in [3.63, 3.8) is 0 Å². The highest BCUT2D eigenvalue weighted by molar-refractivity contribution is 8.00. The summed E-state index contributed by atoms with van der Waals surface area (Å²) in [7, 11) is -1.50. The average molecular weight is 422 g/mol. The Bertz CT molecular complexity index is 1160. The minimum absolute atomic E-state index is 0.563. The second-order valence-corrected chi connectivity index (χ2v) is 8.32. The second kappa shape index (κ2) is 8.60. The Morgan fingerprint density at radius 1 is 0.862 bits per heavy atom. The van der Waals surface area contributed by atoms with Crippen molar-refractivity contribution in [3.8, 4) is 0 Å². The lowest BCUT2D eigenvalue weighted by molar-refractivity contribution is 0.684. The third-order valence-electron chi connectivity index (χ3n) is 4.21. The van der Waals surface area contributed by atoms with Crippen molar-refractivity contribution in [1.82, 2.24) is 9.97 Å². The normalized spacial score (nSPS) is 11.9. The predicted octanol–water partition coefficient (Wildman–Crippen LogP) is 4.78. The lowest BCUT2D eigenvalue weighted by atomic mass is 10.2. The first-order chi connectivity index (χ1) is 14.1. The van der Waals surface area contributed by atoms with Crippen LogP contribution in [0.25, 0.3) is 11.0 Å². The number of para-hydroxylation sites is 2. The van der Waals surface area contributed by atoms with Crippen LogP contribution in [0.2, 0.25) is 0 Å². The van der Waals surface area contributed by atoms with Gasteiger partial charge in [0.1, 0.15) is 11.0 Å². The van der Waals surface area contributed by atoms with Gasteiger partial charge >= 0.3 is 0 Å². The highest BCUT2D eigenvalue weighted by Gasteiger charge is 2.10. The number of rotatable bonds is 6. The van der Waals surface area contributed by atoms with Crippen LogP contribution in [0.4, 0.5) is 17.3 Å². The molecule has 0 fully saturated rings. The molecule has 0 spiro atoms. The van der Waals surface area contributed by atoms with Gasteiger partial charge in [-0.3, -0.25) is 0 Å². The quantitative estimate of drug-likeness (QED) is 0.388. The highest BCUT2D eigenvalue weighted by Crippen LogP contribution is 2.29. The maximum atomic E-state index is 11.4. The van der Waals surface area contributed by atoms with E-state index in [1.807, 2.05) is 36.4 Å². The SMILES string of the molecule is Cc1ccc(SNc2nc3ccccc3nc2Nc2ccc(S(N)=O)cc2)cc1. The third kappa shape index (κ3) is 4.73. The van der Waals surface area contributed by atoms with Gasteiger partial charge in [0.25, 0.3) is 0 Å². The van der Waals surface area contributed by atoms with Crippen LogP contribution in [0.15, 0.2) is 82.6 Å². The van der Waals surface area contributed by atoms with E-state index in [0.717, 1.165) is 21.6 Å². The van der Waals surface area contributed by atoms with Crippen LogP contribution in [0.5, 0.6) is 0 Å². The number of anilines is 3. The molecule has 146 valence electrons. The van der Waals surface area contributed by atoms with Gasteiger partial charge in [0, 0.05) is 10.6 Å². The molecule has 8 heteroatoms. The molecule has 4 rings (SSSR count). The zero-order valence-corrected chi connectivity index (χ0v) is 17.3. The number of hydrogen-bond acceptors (Lipinski definition) is 6. The van der Waals surface area contributed by atoms with Crippen LogP contribution in [-0.2, 0) is 11.0 Å². The lowest BCUT2D eigenvalue weighted by Crippen LogP contribution is -2.04. The van der Waals surface area contributed by atoms with Crippen LogP contribution in [-0.4, -0.2) is 14.2 Å². The monoisotopic (exact) mass is 421 g/mol. The first kappa shape index (κ1) is 19.4. The fraction of sp³-hybridized carbons (Fsp3) is 0.0476. The summed E-state index contributed by atoms with van der Waals surface area (Å²) in [6.07, 6.45) is 0. The molecule has 0 saturated heterocycles. The zero-order valence-electron chi connectivity index (χ0n) is 15.6. The Morgan fingerprint density at radius 2 is 1.48 bits per heavy atom. The molecule has 4 aromatic rings. The van der Waals surface area contributed by atoms with E-state index < -0.39 is 11.0 Å². The highest BCUT2D eigenvalue weighted by atomic mass is 32.2. The standard InChI is InChI=1S/C21H19N5OS2/c1-14-6-10-16(11-7-14)28-26-21-20(24-18-4-2-3-5-19(18)25-21)23-15-8-12-17(13-9-15)29(22)27/h2-13H,22H2,1H3,(H,23,24)(H,25,26). The summed E-state index contributed by atoms with van der Waals surface area (Å²) in [6.45, 7) is 2.06. The van der Waals surface area contributed by atoms with E-state index in [9.17, 15) is 4.21 Å². The Morgan fingerprint density at radius 3 is 2.10 bits per heavy atom. The predicted molar refractivity (Wildman–Crippen MR) is 121 cm³/mol. The van der Waals surface area contributed by atoms with E-state index in [0.29, 0.717) is 16.5 Å². The van der Waals surface area contributed by atoms with E-state index >= 15 is 0 Å². The first-order valence-electron chi connectivity index (χ1n) is 8.88. The second-order valence-electron chi connectivity index (χ2n) is 6.37. The molecule has 1 unspecified atom stereocenters. The molecule has 0 saturated carbocycles. The van der Waals surface area contributed by atoms with Crippen molar-refractivity contribution in [2.24, 2.45) is 5.14 Å². The lowest BCUT2D eigenvalue weighted by Gasteiger charge is -2.13. The number of benzene rings is 3. The Kier molecular flexibility index (Phi) is 5.75. The van der Waals surface area contributed by atoms with Crippen molar-refractivity contribution in [3.05, 3.63) is 78.4 Å². The van der Waals surface area contributed by atoms with Crippen molar-refractivity contribution in [1.29, 1.82) is 0 Å². The summed E-state index contributed by atoms with van der Waals surface area (Å²) in [5.74, 6) is 1.23. The average Bonchev–Trinajstić information content (AvgIpc) is 2.73. The van der Waals surface area contributed by atoms with Gasteiger partial charge in [-0.15, -0.1) is 0 Å². The zero-order chi connectivity index (χ0) is 20.2. The van der Waals surface area contributed by atoms with Gasteiger partial charge in [-0.2, -0.15) is 0 Å². The van der Waals surface area contributed by atoms with Crippen molar-refractivity contribution in [2.45, 2.75) is 16.7 Å². The van der Waals surface area contributed by atoms with Gasteiger partial charge in [-0.05, 0) is 67.4 Å². The van der Waals surface area contributed by atoms with Crippen LogP contribution in [0.1, 0.15) is 5.56 Å².